The van der Waals surface area contributed by atoms with Crippen LogP contribution in [0.15, 0.2) is 30.3 Å². The third kappa shape index (κ3) is 6.26. The third-order valence-electron chi connectivity index (χ3n) is 1.92. The van der Waals surface area contributed by atoms with E-state index in [4.69, 9.17) is 25.8 Å². The van der Waals surface area contributed by atoms with Gasteiger partial charge >= 0.3 is 5.97 Å². The molecule has 1 rings (SSSR count). The minimum Gasteiger partial charge on any atom is -0.460 e. The van der Waals surface area contributed by atoms with Gasteiger partial charge in [-0.15, -0.1) is 0 Å². The molecular weight excluding hydrogens is 244 g/mol. The Bertz CT molecular complexity index is 316. The van der Waals surface area contributed by atoms with Gasteiger partial charge in [0.2, 0.25) is 0 Å². The van der Waals surface area contributed by atoms with Gasteiger partial charge in [0, 0.05) is 0 Å². The largest absolute Gasteiger partial charge is 0.460 e. The van der Waals surface area contributed by atoms with Gasteiger partial charge in [-0.05, 0) is 12.1 Å². The fraction of sp³-hybridized carbons (Fsp3) is 0.417. The average molecular weight is 259 g/mol. The lowest BCUT2D eigenvalue weighted by Crippen LogP contribution is -2.12. The van der Waals surface area contributed by atoms with Crippen LogP contribution in [0, 0.1) is 0 Å². The summed E-state index contributed by atoms with van der Waals surface area (Å²) in [5.41, 5.74) is 0.540. The Balaban J connectivity index is 2.05. The van der Waals surface area contributed by atoms with Gasteiger partial charge in [-0.25, -0.2) is 4.79 Å². The molecule has 0 saturated heterocycles. The van der Waals surface area contributed by atoms with Crippen LogP contribution in [0.25, 0.3) is 0 Å². The molecular formula is C12H15ClO4. The van der Waals surface area contributed by atoms with Crippen molar-refractivity contribution in [1.29, 1.82) is 0 Å². The van der Waals surface area contributed by atoms with Crippen molar-refractivity contribution in [3.8, 4) is 0 Å². The summed E-state index contributed by atoms with van der Waals surface area (Å²) in [6.45, 7) is 1.46. The van der Waals surface area contributed by atoms with Crippen molar-refractivity contribution in [3.05, 3.63) is 35.9 Å². The van der Waals surface area contributed by atoms with Crippen LogP contribution in [0.5, 0.6) is 0 Å². The summed E-state index contributed by atoms with van der Waals surface area (Å²) in [4.78, 5) is 11.5. The van der Waals surface area contributed by atoms with Crippen LogP contribution in [-0.4, -0.2) is 38.5 Å². The van der Waals surface area contributed by atoms with Gasteiger partial charge in [0.1, 0.15) is 12.7 Å². The first kappa shape index (κ1) is 14.0. The van der Waals surface area contributed by atoms with Crippen molar-refractivity contribution in [2.75, 3.05) is 32.5 Å². The molecule has 0 N–H and O–H groups in total. The summed E-state index contributed by atoms with van der Waals surface area (Å²) in [5.74, 6) is -0.341. The predicted octanol–water partition coefficient (Wildman–Crippen LogP) is 2.07. The van der Waals surface area contributed by atoms with Crippen LogP contribution in [0.4, 0.5) is 0 Å². The Morgan fingerprint density at radius 2 is 1.65 bits per heavy atom. The van der Waals surface area contributed by atoms with E-state index in [1.807, 2.05) is 6.07 Å². The molecule has 0 aliphatic carbocycles. The highest BCUT2D eigenvalue weighted by Crippen LogP contribution is 2.00. The van der Waals surface area contributed by atoms with E-state index in [0.29, 0.717) is 25.4 Å². The molecule has 0 amide bonds. The normalized spacial score (nSPS) is 10.2. The van der Waals surface area contributed by atoms with Crippen molar-refractivity contribution in [3.63, 3.8) is 0 Å². The number of benzene rings is 1. The molecule has 0 atom stereocenters. The lowest BCUT2D eigenvalue weighted by molar-refractivity contribution is 0.0197. The average Bonchev–Trinajstić information content (AvgIpc) is 2.38. The van der Waals surface area contributed by atoms with Crippen molar-refractivity contribution >= 4 is 17.6 Å². The zero-order valence-electron chi connectivity index (χ0n) is 9.43. The van der Waals surface area contributed by atoms with Gasteiger partial charge in [-0.2, -0.15) is 0 Å². The molecule has 0 aromatic heterocycles. The Hall–Kier alpha value is -1.10. The van der Waals surface area contributed by atoms with Gasteiger partial charge in [0.25, 0.3) is 0 Å². The van der Waals surface area contributed by atoms with E-state index in [0.717, 1.165) is 0 Å². The summed E-state index contributed by atoms with van der Waals surface area (Å²) in [6, 6.07) is 8.99. The maximum Gasteiger partial charge on any atom is 0.338 e. The van der Waals surface area contributed by atoms with Crippen molar-refractivity contribution < 1.29 is 19.0 Å². The molecule has 1 aromatic rings. The summed E-state index contributed by atoms with van der Waals surface area (Å²) in [6.07, 6.45) is 0. The molecule has 0 bridgehead atoms. The Kier molecular flexibility index (Phi) is 7.38. The minimum atomic E-state index is -0.341. The highest BCUT2D eigenvalue weighted by Gasteiger charge is 2.04. The van der Waals surface area contributed by atoms with Crippen LogP contribution < -0.4 is 0 Å². The summed E-state index contributed by atoms with van der Waals surface area (Å²) in [5, 5.41) is 0. The fourth-order valence-electron chi connectivity index (χ4n) is 1.13. The number of rotatable bonds is 8. The molecule has 0 unspecified atom stereocenters. The fourth-order valence-corrected chi connectivity index (χ4v) is 1.23. The highest BCUT2D eigenvalue weighted by atomic mass is 35.5. The van der Waals surface area contributed by atoms with Crippen LogP contribution in [0.2, 0.25) is 0 Å². The minimum absolute atomic E-state index is 0.159. The van der Waals surface area contributed by atoms with E-state index in [-0.39, 0.29) is 18.6 Å². The first-order valence-corrected chi connectivity index (χ1v) is 5.81. The zero-order valence-corrected chi connectivity index (χ0v) is 10.2. The van der Waals surface area contributed by atoms with Crippen LogP contribution in [-0.2, 0) is 14.2 Å². The Morgan fingerprint density at radius 3 is 2.35 bits per heavy atom. The van der Waals surface area contributed by atoms with Gasteiger partial charge < -0.3 is 14.2 Å². The Morgan fingerprint density at radius 1 is 1.00 bits per heavy atom. The van der Waals surface area contributed by atoms with E-state index in [1.54, 1.807) is 24.3 Å². The SMILES string of the molecule is O=C(OCCOCCOCCl)c1ccccc1. The lowest BCUT2D eigenvalue weighted by atomic mass is 10.2. The van der Waals surface area contributed by atoms with E-state index >= 15 is 0 Å². The molecule has 4 nitrogen and oxygen atoms in total. The van der Waals surface area contributed by atoms with E-state index in [9.17, 15) is 4.79 Å². The second-order valence-corrected chi connectivity index (χ2v) is 3.35. The first-order chi connectivity index (χ1) is 8.34. The molecule has 1 aromatic carbocycles. The third-order valence-corrected chi connectivity index (χ3v) is 2.07. The first-order valence-electron chi connectivity index (χ1n) is 5.28. The van der Waals surface area contributed by atoms with Crippen molar-refractivity contribution in [2.24, 2.45) is 0 Å². The number of hydrogen-bond acceptors (Lipinski definition) is 4. The molecule has 0 heterocycles. The number of halogens is 1. The topological polar surface area (TPSA) is 44.8 Å². The number of ether oxygens (including phenoxy) is 3. The van der Waals surface area contributed by atoms with E-state index in [1.165, 1.54) is 0 Å². The smallest absolute Gasteiger partial charge is 0.338 e. The van der Waals surface area contributed by atoms with Gasteiger partial charge in [0.05, 0.1) is 25.4 Å². The number of carbonyl (C=O) groups excluding carboxylic acids is 1. The van der Waals surface area contributed by atoms with Crippen molar-refractivity contribution in [2.45, 2.75) is 0 Å². The highest BCUT2D eigenvalue weighted by molar-refractivity contribution is 6.17. The maximum absolute atomic E-state index is 11.5. The number of esters is 1. The molecule has 0 aliphatic rings. The number of carbonyl (C=O) groups is 1. The second kappa shape index (κ2) is 8.98. The summed E-state index contributed by atoms with van der Waals surface area (Å²) < 4.78 is 15.0. The van der Waals surface area contributed by atoms with Gasteiger partial charge in [0.15, 0.2) is 0 Å². The zero-order chi connectivity index (χ0) is 12.3. The second-order valence-electron chi connectivity index (χ2n) is 3.13. The standard InChI is InChI=1S/C12H15ClO4/c13-10-16-7-6-15-8-9-17-12(14)11-4-2-1-3-5-11/h1-5H,6-10H2. The van der Waals surface area contributed by atoms with Gasteiger partial charge in [-0.1, -0.05) is 29.8 Å². The molecule has 0 aliphatic heterocycles. The molecule has 0 radical (unpaired) electrons. The van der Waals surface area contributed by atoms with Crippen LogP contribution >= 0.6 is 11.6 Å². The predicted molar refractivity (Wildman–Crippen MR) is 64.2 cm³/mol. The molecule has 0 fully saturated rings. The maximum atomic E-state index is 11.5. The lowest BCUT2D eigenvalue weighted by Gasteiger charge is -2.05. The quantitative estimate of drug-likeness (QED) is 0.407. The van der Waals surface area contributed by atoms with Crippen molar-refractivity contribution in [1.82, 2.24) is 0 Å². The molecule has 5 heteroatoms. The van der Waals surface area contributed by atoms with Gasteiger partial charge in [-0.3, -0.25) is 0 Å². The van der Waals surface area contributed by atoms with E-state index in [2.05, 4.69) is 0 Å². The summed E-state index contributed by atoms with van der Waals surface area (Å²) >= 11 is 5.30. The molecule has 94 valence electrons. The summed E-state index contributed by atoms with van der Waals surface area (Å²) in [7, 11) is 0. The number of alkyl halides is 1. The monoisotopic (exact) mass is 258 g/mol. The molecule has 0 spiro atoms. The Labute approximate surface area is 105 Å². The van der Waals surface area contributed by atoms with E-state index < -0.39 is 0 Å². The molecule has 17 heavy (non-hydrogen) atoms. The van der Waals surface area contributed by atoms with Crippen LogP contribution in [0.1, 0.15) is 10.4 Å². The molecule has 0 saturated carbocycles. The number of hydrogen-bond donors (Lipinski definition) is 0. The van der Waals surface area contributed by atoms with Crippen LogP contribution in [0.3, 0.4) is 0 Å².